The summed E-state index contributed by atoms with van der Waals surface area (Å²) in [6, 6.07) is 4.01. The number of alkyl halides is 7. The van der Waals surface area contributed by atoms with Gasteiger partial charge in [0.05, 0.1) is 18.4 Å². The van der Waals surface area contributed by atoms with Gasteiger partial charge in [0, 0.05) is 17.1 Å². The molecule has 0 aromatic heterocycles. The van der Waals surface area contributed by atoms with E-state index in [0.29, 0.717) is 5.75 Å². The third-order valence-corrected chi connectivity index (χ3v) is 9.94. The van der Waals surface area contributed by atoms with E-state index in [-0.39, 0.29) is 10.6 Å². The van der Waals surface area contributed by atoms with Crippen molar-refractivity contribution in [2.75, 3.05) is 20.2 Å². The molecule has 54 heavy (non-hydrogen) atoms. The number of hydrogen-bond donors (Lipinski definition) is 4. The van der Waals surface area contributed by atoms with E-state index >= 15 is 8.78 Å². The third-order valence-electron chi connectivity index (χ3n) is 8.53. The van der Waals surface area contributed by atoms with Crippen molar-refractivity contribution in [3.8, 4) is 5.75 Å². The minimum Gasteiger partial charge on any atom is -0.497 e. The number of methoxy groups -OCH3 is 1. The van der Waals surface area contributed by atoms with Crippen LogP contribution in [0.2, 0.25) is 5.02 Å². The average Bonchev–Trinajstić information content (AvgIpc) is 3.53. The van der Waals surface area contributed by atoms with Crippen molar-refractivity contribution in [3.63, 3.8) is 0 Å². The first-order valence-electron chi connectivity index (χ1n) is 16.0. The highest BCUT2D eigenvalue weighted by Gasteiger charge is 2.53. The molecule has 4 amide bonds. The molecule has 0 saturated carbocycles. The van der Waals surface area contributed by atoms with E-state index in [9.17, 15) is 54.3 Å². The van der Waals surface area contributed by atoms with E-state index in [0.717, 1.165) is 49.2 Å². The molecule has 0 aliphatic carbocycles. The van der Waals surface area contributed by atoms with Crippen molar-refractivity contribution < 1.29 is 67.9 Å². The van der Waals surface area contributed by atoms with Gasteiger partial charge in [0.2, 0.25) is 17.6 Å². The summed E-state index contributed by atoms with van der Waals surface area (Å²) in [5.41, 5.74) is -0.631. The number of halogens is 8. The highest BCUT2D eigenvalue weighted by Crippen LogP contribution is 2.38. The second-order valence-corrected chi connectivity index (χ2v) is 14.3. The zero-order valence-electron chi connectivity index (χ0n) is 28.9. The number of carbonyl (C=O) groups is 5. The van der Waals surface area contributed by atoms with E-state index in [4.69, 9.17) is 16.3 Å². The Morgan fingerprint density at radius 3 is 2.06 bits per heavy atom. The minimum atomic E-state index is -5.10. The Balaban J connectivity index is 1.97. The Labute approximate surface area is 311 Å². The number of Topliss-reactive ketones (excluding diaryl/α,β-unsaturated/α-hetero) is 1. The van der Waals surface area contributed by atoms with Gasteiger partial charge in [-0.15, -0.1) is 0 Å². The molecule has 21 heteroatoms. The molecule has 0 radical (unpaired) electrons. The predicted octanol–water partition coefficient (Wildman–Crippen LogP) is 3.54. The van der Waals surface area contributed by atoms with Gasteiger partial charge in [-0.2, -0.15) is 30.7 Å². The van der Waals surface area contributed by atoms with Crippen LogP contribution in [0.5, 0.6) is 5.75 Å². The van der Waals surface area contributed by atoms with E-state index in [2.05, 4.69) is 0 Å². The number of nitrogens with one attached hydrogen (secondary N) is 3. The van der Waals surface area contributed by atoms with Crippen molar-refractivity contribution >= 4 is 51.7 Å². The van der Waals surface area contributed by atoms with Crippen LogP contribution in [0.4, 0.5) is 30.7 Å². The molecule has 1 aliphatic heterocycles. The molecule has 1 unspecified atom stereocenters. The van der Waals surface area contributed by atoms with E-state index < -0.39 is 118 Å². The molecule has 12 nitrogen and oxygen atoms in total. The Bertz CT molecular complexity index is 1800. The molecule has 5 atom stereocenters. The number of ether oxygens (including phenoxy) is 1. The fourth-order valence-corrected chi connectivity index (χ4v) is 6.92. The number of likely N-dealkylation sites (tertiary alicyclic amines) is 1. The summed E-state index contributed by atoms with van der Waals surface area (Å²) in [6.45, 7) is 0.564. The average molecular weight is 817 g/mol. The monoisotopic (exact) mass is 816 g/mol. The lowest BCUT2D eigenvalue weighted by molar-refractivity contribution is -0.165. The zero-order valence-corrected chi connectivity index (χ0v) is 30.5. The van der Waals surface area contributed by atoms with Gasteiger partial charge >= 0.3 is 18.0 Å². The van der Waals surface area contributed by atoms with Crippen LogP contribution in [-0.2, 0) is 40.6 Å². The van der Waals surface area contributed by atoms with Crippen LogP contribution < -0.4 is 20.7 Å². The standard InChI is InChI=1S/C33H36ClF7N4O8S/c1-16(2)24(26(46)33(40,41)29(49)42-15-31(35,36)37)44-27(47)23-12-19(25(54(51)52)18-8-10-22(53-4)11-9-18)14-45(23)28(48)17(3)43-30(50)32(38,39)20-6-5-7-21(34)13-20/h5-11,13,16-17,19,23-25,54H,12,14-15H2,1-4H3,(H,42,49)(H,43,50)(H,44,47)/t17-,19+,23-,24-,25?/m0/s1. The van der Waals surface area contributed by atoms with Gasteiger partial charge in [0.1, 0.15) is 35.1 Å². The van der Waals surface area contributed by atoms with Gasteiger partial charge in [0.15, 0.2) is 0 Å². The van der Waals surface area contributed by atoms with E-state index in [1.807, 2.05) is 10.6 Å². The van der Waals surface area contributed by atoms with Gasteiger partial charge in [-0.1, -0.05) is 49.7 Å². The summed E-state index contributed by atoms with van der Waals surface area (Å²) in [7, 11) is -2.00. The number of ketones is 1. The second kappa shape index (κ2) is 17.3. The van der Waals surface area contributed by atoms with Gasteiger partial charge < -0.3 is 25.6 Å². The number of thiol groups is 1. The molecule has 298 valence electrons. The number of nitrogens with zero attached hydrogens (tertiary/aromatic N) is 1. The Kier molecular flexibility index (Phi) is 14.1. The maximum absolute atomic E-state index is 15.1. The minimum absolute atomic E-state index is 0.123. The topological polar surface area (TPSA) is 168 Å². The van der Waals surface area contributed by atoms with Crippen LogP contribution in [0, 0.1) is 11.8 Å². The SMILES string of the molecule is COc1ccc(C([C@@H]2C[C@@H](C(=O)N[C@H](C(=O)C(F)(F)C(=O)NCC(F)(F)F)C(C)C)N(C(=O)[C@H](C)NC(=O)C(F)(F)c3cccc(Cl)c3)C2)[SH](=O)=O)cc1. The highest BCUT2D eigenvalue weighted by molar-refractivity contribution is 7.72. The first-order chi connectivity index (χ1) is 24.9. The molecule has 1 fully saturated rings. The molecule has 0 spiro atoms. The Morgan fingerprint density at radius 1 is 0.926 bits per heavy atom. The summed E-state index contributed by atoms with van der Waals surface area (Å²) in [6.07, 6.45) is -5.60. The summed E-state index contributed by atoms with van der Waals surface area (Å²) in [5.74, 6) is -20.6. The number of rotatable bonds is 15. The highest BCUT2D eigenvalue weighted by atomic mass is 35.5. The van der Waals surface area contributed by atoms with Crippen LogP contribution in [0.1, 0.15) is 43.6 Å². The normalized spacial score (nSPS) is 18.1. The molecule has 1 heterocycles. The molecular weight excluding hydrogens is 781 g/mol. The molecule has 3 N–H and O–H groups in total. The molecule has 2 aromatic rings. The van der Waals surface area contributed by atoms with Gasteiger partial charge in [-0.05, 0) is 55.0 Å². The van der Waals surface area contributed by atoms with Gasteiger partial charge in [0.25, 0.3) is 11.8 Å². The van der Waals surface area contributed by atoms with Crippen molar-refractivity contribution in [3.05, 3.63) is 64.7 Å². The van der Waals surface area contributed by atoms with Crippen molar-refractivity contribution in [2.24, 2.45) is 11.8 Å². The van der Waals surface area contributed by atoms with Crippen molar-refractivity contribution in [1.82, 2.24) is 20.9 Å². The number of hydrogen-bond acceptors (Lipinski definition) is 8. The molecule has 0 bridgehead atoms. The quantitative estimate of drug-likeness (QED) is 0.120. The maximum Gasteiger partial charge on any atom is 0.405 e. The van der Waals surface area contributed by atoms with E-state index in [1.165, 1.54) is 37.4 Å². The second-order valence-electron chi connectivity index (χ2n) is 12.8. The Hall–Kier alpha value is -4.46. The third kappa shape index (κ3) is 10.4. The van der Waals surface area contributed by atoms with E-state index in [1.54, 1.807) is 0 Å². The summed E-state index contributed by atoms with van der Waals surface area (Å²) in [4.78, 5) is 65.9. The first-order valence-corrected chi connectivity index (χ1v) is 17.6. The Morgan fingerprint density at radius 2 is 1.54 bits per heavy atom. The van der Waals surface area contributed by atoms with Crippen LogP contribution in [-0.4, -0.2) is 93.2 Å². The van der Waals surface area contributed by atoms with Crippen molar-refractivity contribution in [2.45, 2.75) is 68.6 Å². The molecule has 1 saturated heterocycles. The molecular formula is C33H36ClF7N4O8S. The number of benzene rings is 2. The summed E-state index contributed by atoms with van der Waals surface area (Å²) >= 11 is 5.77. The van der Waals surface area contributed by atoms with Crippen molar-refractivity contribution in [1.29, 1.82) is 0 Å². The molecule has 1 aliphatic rings. The number of carbonyl (C=O) groups excluding carboxylic acids is 5. The maximum atomic E-state index is 15.1. The van der Waals surface area contributed by atoms with Gasteiger partial charge in [-0.25, -0.2) is 8.42 Å². The first kappa shape index (κ1) is 43.9. The number of amides is 4. The summed E-state index contributed by atoms with van der Waals surface area (Å²) < 4.78 is 128. The van der Waals surface area contributed by atoms with Crippen LogP contribution in [0.25, 0.3) is 0 Å². The largest absolute Gasteiger partial charge is 0.497 e. The lowest BCUT2D eigenvalue weighted by Gasteiger charge is -2.30. The predicted molar refractivity (Wildman–Crippen MR) is 178 cm³/mol. The van der Waals surface area contributed by atoms with Gasteiger partial charge in [-0.3, -0.25) is 24.0 Å². The zero-order chi connectivity index (χ0) is 40.9. The summed E-state index contributed by atoms with van der Waals surface area (Å²) in [5, 5.41) is 3.25. The smallest absolute Gasteiger partial charge is 0.405 e. The van der Waals surface area contributed by atoms with Crippen LogP contribution in [0.3, 0.4) is 0 Å². The molecule has 3 rings (SSSR count). The molecule has 2 aromatic carbocycles. The van der Waals surface area contributed by atoms with Crippen LogP contribution >= 0.6 is 11.6 Å². The lowest BCUT2D eigenvalue weighted by atomic mass is 9.93. The van der Waals surface area contributed by atoms with Crippen LogP contribution in [0.15, 0.2) is 48.5 Å². The fraction of sp³-hybridized carbons (Fsp3) is 0.485. The fourth-order valence-electron chi connectivity index (χ4n) is 5.75. The lowest BCUT2D eigenvalue weighted by Crippen LogP contribution is -2.60.